The number of halogens is 1. The first-order valence-electron chi connectivity index (χ1n) is 6.94. The number of aromatic hydroxyl groups is 1. The zero-order valence-corrected chi connectivity index (χ0v) is 12.0. The minimum absolute atomic E-state index is 0.0117. The first-order chi connectivity index (χ1) is 10.5. The predicted molar refractivity (Wildman–Crippen MR) is 78.2 cm³/mol. The Morgan fingerprint density at radius 3 is 2.73 bits per heavy atom. The molecule has 1 aromatic heterocycles. The maximum Gasteiger partial charge on any atom is 0.274 e. The zero-order valence-electron chi connectivity index (χ0n) is 12.0. The fourth-order valence-corrected chi connectivity index (χ4v) is 2.63. The van der Waals surface area contributed by atoms with Gasteiger partial charge in [-0.2, -0.15) is 0 Å². The Kier molecular flexibility index (Phi) is 3.44. The van der Waals surface area contributed by atoms with E-state index < -0.39 is 17.1 Å². The van der Waals surface area contributed by atoms with Gasteiger partial charge in [0, 0.05) is 31.9 Å². The third kappa shape index (κ3) is 2.36. The summed E-state index contributed by atoms with van der Waals surface area (Å²) in [6.07, 6.45) is 1.51. The molecule has 3 rings (SSSR count). The van der Waals surface area contributed by atoms with Gasteiger partial charge in [0.05, 0.1) is 0 Å². The number of pyridine rings is 1. The first kappa shape index (κ1) is 14.3. The van der Waals surface area contributed by atoms with E-state index in [1.54, 1.807) is 28.5 Å². The van der Waals surface area contributed by atoms with E-state index in [0.717, 1.165) is 5.56 Å². The standard InChI is InChI=1S/C16H15FN2O3/c1-10-8-11(2-3-12(10)17)9-19-7-6-18-5-4-13(20)15(21)14(18)16(19)22/h2-5,8,21H,6-7,9H2,1H3. The van der Waals surface area contributed by atoms with Crippen LogP contribution in [-0.2, 0) is 13.1 Å². The molecule has 6 heteroatoms. The van der Waals surface area contributed by atoms with Gasteiger partial charge in [0.25, 0.3) is 5.91 Å². The number of carbonyl (C=O) groups is 1. The number of aryl methyl sites for hydroxylation is 1. The fraction of sp³-hybridized carbons (Fsp3) is 0.250. The van der Waals surface area contributed by atoms with Crippen LogP contribution in [0.1, 0.15) is 21.6 Å². The highest BCUT2D eigenvalue weighted by atomic mass is 19.1. The Morgan fingerprint density at radius 2 is 2.00 bits per heavy atom. The topological polar surface area (TPSA) is 62.5 Å². The minimum atomic E-state index is -0.570. The molecular formula is C16H15FN2O3. The van der Waals surface area contributed by atoms with Crippen molar-refractivity contribution < 1.29 is 14.3 Å². The Bertz CT molecular complexity index is 814. The molecule has 5 nitrogen and oxygen atoms in total. The molecule has 0 radical (unpaired) electrons. The molecule has 1 aliphatic rings. The molecule has 22 heavy (non-hydrogen) atoms. The number of nitrogens with zero attached hydrogens (tertiary/aromatic N) is 2. The van der Waals surface area contributed by atoms with Crippen LogP contribution in [0.25, 0.3) is 0 Å². The van der Waals surface area contributed by atoms with E-state index in [0.29, 0.717) is 25.2 Å². The lowest BCUT2D eigenvalue weighted by atomic mass is 10.1. The van der Waals surface area contributed by atoms with Gasteiger partial charge in [0.1, 0.15) is 5.82 Å². The van der Waals surface area contributed by atoms with Crippen LogP contribution in [-0.4, -0.2) is 27.0 Å². The summed E-state index contributed by atoms with van der Waals surface area (Å²) < 4.78 is 14.9. The van der Waals surface area contributed by atoms with Crippen molar-refractivity contribution in [2.45, 2.75) is 20.0 Å². The Hall–Kier alpha value is -2.63. The van der Waals surface area contributed by atoms with Crippen LogP contribution in [0.15, 0.2) is 35.3 Å². The van der Waals surface area contributed by atoms with E-state index in [9.17, 15) is 19.1 Å². The van der Waals surface area contributed by atoms with Crippen LogP contribution >= 0.6 is 0 Å². The average molecular weight is 302 g/mol. The summed E-state index contributed by atoms with van der Waals surface area (Å²) in [6, 6.07) is 5.93. The number of hydrogen-bond donors (Lipinski definition) is 1. The summed E-state index contributed by atoms with van der Waals surface area (Å²) in [5.41, 5.74) is 0.761. The number of rotatable bonds is 2. The van der Waals surface area contributed by atoms with Gasteiger partial charge in [-0.05, 0) is 24.1 Å². The van der Waals surface area contributed by atoms with Crippen molar-refractivity contribution in [3.05, 3.63) is 63.3 Å². The molecule has 0 saturated heterocycles. The van der Waals surface area contributed by atoms with Crippen molar-refractivity contribution in [2.75, 3.05) is 6.54 Å². The van der Waals surface area contributed by atoms with Crippen molar-refractivity contribution >= 4 is 5.91 Å². The van der Waals surface area contributed by atoms with Gasteiger partial charge in [-0.3, -0.25) is 9.59 Å². The number of amides is 1. The summed E-state index contributed by atoms with van der Waals surface area (Å²) in [4.78, 5) is 25.5. The third-order valence-electron chi connectivity index (χ3n) is 3.85. The van der Waals surface area contributed by atoms with Crippen LogP contribution in [0.4, 0.5) is 4.39 Å². The molecule has 1 aromatic carbocycles. The molecular weight excluding hydrogens is 287 g/mol. The van der Waals surface area contributed by atoms with Gasteiger partial charge in [-0.25, -0.2) is 4.39 Å². The third-order valence-corrected chi connectivity index (χ3v) is 3.85. The van der Waals surface area contributed by atoms with Gasteiger partial charge in [-0.15, -0.1) is 0 Å². The zero-order chi connectivity index (χ0) is 15.9. The number of carbonyl (C=O) groups excluding carboxylic acids is 1. The lowest BCUT2D eigenvalue weighted by molar-refractivity contribution is 0.0683. The quantitative estimate of drug-likeness (QED) is 0.917. The highest BCUT2D eigenvalue weighted by molar-refractivity contribution is 5.95. The van der Waals surface area contributed by atoms with Crippen molar-refractivity contribution in [1.82, 2.24) is 9.47 Å². The minimum Gasteiger partial charge on any atom is -0.503 e. The van der Waals surface area contributed by atoms with Crippen LogP contribution in [0.5, 0.6) is 5.75 Å². The molecule has 0 saturated carbocycles. The van der Waals surface area contributed by atoms with Crippen molar-refractivity contribution in [1.29, 1.82) is 0 Å². The molecule has 0 atom stereocenters. The summed E-state index contributed by atoms with van der Waals surface area (Å²) in [6.45, 7) is 2.93. The number of fused-ring (bicyclic) bond motifs is 1. The Labute approximate surface area is 126 Å². The fourth-order valence-electron chi connectivity index (χ4n) is 2.63. The van der Waals surface area contributed by atoms with E-state index in [4.69, 9.17) is 0 Å². The molecule has 0 aliphatic carbocycles. The summed E-state index contributed by atoms with van der Waals surface area (Å²) in [7, 11) is 0. The molecule has 2 heterocycles. The van der Waals surface area contributed by atoms with Gasteiger partial charge >= 0.3 is 0 Å². The van der Waals surface area contributed by atoms with Crippen LogP contribution in [0, 0.1) is 12.7 Å². The first-order valence-corrected chi connectivity index (χ1v) is 6.94. The SMILES string of the molecule is Cc1cc(CN2CCn3ccc(=O)c(O)c3C2=O)ccc1F. The smallest absolute Gasteiger partial charge is 0.274 e. The van der Waals surface area contributed by atoms with E-state index in [1.165, 1.54) is 18.3 Å². The van der Waals surface area contributed by atoms with Crippen LogP contribution < -0.4 is 5.43 Å². The Morgan fingerprint density at radius 1 is 1.23 bits per heavy atom. The molecule has 114 valence electrons. The molecule has 1 N–H and O–H groups in total. The van der Waals surface area contributed by atoms with Gasteiger partial charge in [0.2, 0.25) is 5.43 Å². The summed E-state index contributed by atoms with van der Waals surface area (Å²) in [5.74, 6) is -1.21. The lowest BCUT2D eigenvalue weighted by Crippen LogP contribution is -2.41. The number of hydrogen-bond acceptors (Lipinski definition) is 3. The Balaban J connectivity index is 1.91. The molecule has 0 spiro atoms. The monoisotopic (exact) mass is 302 g/mol. The van der Waals surface area contributed by atoms with Crippen LogP contribution in [0.3, 0.4) is 0 Å². The van der Waals surface area contributed by atoms with E-state index in [-0.39, 0.29) is 11.5 Å². The maximum atomic E-state index is 13.3. The summed E-state index contributed by atoms with van der Waals surface area (Å²) in [5, 5.41) is 9.85. The van der Waals surface area contributed by atoms with Gasteiger partial charge in [-0.1, -0.05) is 12.1 Å². The highest BCUT2D eigenvalue weighted by Gasteiger charge is 2.28. The maximum absolute atomic E-state index is 13.3. The second-order valence-corrected chi connectivity index (χ2v) is 5.38. The molecule has 0 bridgehead atoms. The lowest BCUT2D eigenvalue weighted by Gasteiger charge is -2.30. The van der Waals surface area contributed by atoms with E-state index in [2.05, 4.69) is 0 Å². The average Bonchev–Trinajstić information content (AvgIpc) is 2.49. The van der Waals surface area contributed by atoms with E-state index in [1.807, 2.05) is 0 Å². The van der Waals surface area contributed by atoms with Gasteiger partial charge in [0.15, 0.2) is 11.4 Å². The summed E-state index contributed by atoms with van der Waals surface area (Å²) >= 11 is 0. The molecule has 1 aliphatic heterocycles. The van der Waals surface area contributed by atoms with Gasteiger partial charge < -0.3 is 14.6 Å². The number of benzene rings is 1. The predicted octanol–water partition coefficient (Wildman–Crippen LogP) is 1.66. The normalized spacial score (nSPS) is 14.1. The number of aromatic nitrogens is 1. The highest BCUT2D eigenvalue weighted by Crippen LogP contribution is 2.21. The van der Waals surface area contributed by atoms with Crippen molar-refractivity contribution in [2.24, 2.45) is 0 Å². The van der Waals surface area contributed by atoms with Crippen molar-refractivity contribution in [3.63, 3.8) is 0 Å². The van der Waals surface area contributed by atoms with E-state index >= 15 is 0 Å². The molecule has 0 fully saturated rings. The van der Waals surface area contributed by atoms with Crippen LogP contribution in [0.2, 0.25) is 0 Å². The molecule has 2 aromatic rings. The second kappa shape index (κ2) is 5.29. The molecule has 1 amide bonds. The largest absolute Gasteiger partial charge is 0.503 e. The molecule has 0 unspecified atom stereocenters. The van der Waals surface area contributed by atoms with Crippen molar-refractivity contribution in [3.8, 4) is 5.75 Å². The second-order valence-electron chi connectivity index (χ2n) is 5.38.